The molecule has 0 heterocycles. The van der Waals surface area contributed by atoms with Crippen LogP contribution in [0.3, 0.4) is 0 Å². The first kappa shape index (κ1) is 17.8. The predicted octanol–water partition coefficient (Wildman–Crippen LogP) is 5.54. The molecule has 0 fully saturated rings. The molecule has 0 aliphatic carbocycles. The highest BCUT2D eigenvalue weighted by atomic mass is 32.2. The Morgan fingerprint density at radius 1 is 0.952 bits per heavy atom. The van der Waals surface area contributed by atoms with Crippen LogP contribution in [0.5, 0.6) is 0 Å². The van der Waals surface area contributed by atoms with Gasteiger partial charge in [0.1, 0.15) is 0 Å². The third-order valence-corrected chi connectivity index (χ3v) is 4.54. The molecule has 116 valence electrons. The van der Waals surface area contributed by atoms with Crippen LogP contribution in [0, 0.1) is 0 Å². The fraction of sp³-hybridized carbons (Fsp3) is 0.500. The highest BCUT2D eigenvalue weighted by Gasteiger charge is 2.02. The zero-order valence-corrected chi connectivity index (χ0v) is 13.5. The van der Waals surface area contributed by atoms with E-state index >= 15 is 0 Å². The maximum absolute atomic E-state index is 10.6. The number of aliphatic carboxylic acids is 1. The molecule has 0 spiro atoms. The fourth-order valence-corrected chi connectivity index (χ4v) is 3.07. The zero-order chi connectivity index (χ0) is 15.3. The second-order valence-corrected chi connectivity index (χ2v) is 6.46. The van der Waals surface area contributed by atoms with Crippen molar-refractivity contribution in [2.24, 2.45) is 0 Å². The van der Waals surface area contributed by atoms with Gasteiger partial charge in [0.2, 0.25) is 0 Å². The summed E-state index contributed by atoms with van der Waals surface area (Å²) in [5.74, 6) is 0.341. The van der Waals surface area contributed by atoms with E-state index < -0.39 is 5.97 Å². The normalized spacial score (nSPS) is 10.5. The van der Waals surface area contributed by atoms with Gasteiger partial charge in [-0.05, 0) is 37.1 Å². The van der Waals surface area contributed by atoms with Crippen LogP contribution in [-0.4, -0.2) is 16.8 Å². The Labute approximate surface area is 132 Å². The lowest BCUT2D eigenvalue weighted by molar-refractivity contribution is -0.132. The van der Waals surface area contributed by atoms with Gasteiger partial charge in [-0.25, -0.2) is 4.79 Å². The molecule has 0 aromatic heterocycles. The Balaban J connectivity index is 1.85. The first-order chi connectivity index (χ1) is 10.2. The topological polar surface area (TPSA) is 37.3 Å². The summed E-state index contributed by atoms with van der Waals surface area (Å²) in [7, 11) is 0. The van der Waals surface area contributed by atoms with Crippen LogP contribution in [-0.2, 0) is 4.79 Å². The van der Waals surface area contributed by atoms with Crippen molar-refractivity contribution in [3.63, 3.8) is 0 Å². The van der Waals surface area contributed by atoms with Crippen LogP contribution < -0.4 is 0 Å². The maximum Gasteiger partial charge on any atom is 0.330 e. The third kappa shape index (κ3) is 9.35. The SMILES string of the molecule is C=C(CCCCCCCCCSc1ccccc1)C(=O)O. The molecule has 0 amide bonds. The van der Waals surface area contributed by atoms with Crippen LogP contribution in [0.4, 0.5) is 0 Å². The van der Waals surface area contributed by atoms with Crippen molar-refractivity contribution in [2.75, 3.05) is 5.75 Å². The minimum absolute atomic E-state index is 0.341. The van der Waals surface area contributed by atoms with Crippen molar-refractivity contribution in [2.45, 2.75) is 56.3 Å². The number of carbonyl (C=O) groups is 1. The van der Waals surface area contributed by atoms with Crippen molar-refractivity contribution in [3.05, 3.63) is 42.5 Å². The van der Waals surface area contributed by atoms with Gasteiger partial charge in [-0.2, -0.15) is 0 Å². The smallest absolute Gasteiger partial charge is 0.330 e. The highest BCUT2D eigenvalue weighted by Crippen LogP contribution is 2.19. The lowest BCUT2D eigenvalue weighted by Crippen LogP contribution is -1.98. The molecule has 0 bridgehead atoms. The molecule has 1 rings (SSSR count). The molecule has 0 atom stereocenters. The summed E-state index contributed by atoms with van der Waals surface area (Å²) in [6.45, 7) is 3.55. The summed E-state index contributed by atoms with van der Waals surface area (Å²) >= 11 is 1.93. The average molecular weight is 306 g/mol. The Bertz CT molecular complexity index is 414. The lowest BCUT2D eigenvalue weighted by atomic mass is 10.1. The minimum Gasteiger partial charge on any atom is -0.478 e. The molecule has 1 N–H and O–H groups in total. The number of carboxylic acid groups (broad SMARTS) is 1. The van der Waals surface area contributed by atoms with Gasteiger partial charge in [-0.1, -0.05) is 56.9 Å². The zero-order valence-electron chi connectivity index (χ0n) is 12.7. The number of rotatable bonds is 12. The van der Waals surface area contributed by atoms with Gasteiger partial charge in [-0.3, -0.25) is 0 Å². The van der Waals surface area contributed by atoms with Gasteiger partial charge in [0, 0.05) is 10.5 Å². The van der Waals surface area contributed by atoms with E-state index in [1.807, 2.05) is 11.8 Å². The van der Waals surface area contributed by atoms with Crippen molar-refractivity contribution >= 4 is 17.7 Å². The molecule has 0 unspecified atom stereocenters. The largest absolute Gasteiger partial charge is 0.478 e. The summed E-state index contributed by atoms with van der Waals surface area (Å²) in [5.41, 5.74) is 0.341. The molecular formula is C18H26O2S. The highest BCUT2D eigenvalue weighted by molar-refractivity contribution is 7.99. The number of hydrogen-bond acceptors (Lipinski definition) is 2. The fourth-order valence-electron chi connectivity index (χ4n) is 2.14. The van der Waals surface area contributed by atoms with E-state index in [1.54, 1.807) is 0 Å². The summed E-state index contributed by atoms with van der Waals surface area (Å²) in [5, 5.41) is 8.69. The van der Waals surface area contributed by atoms with Gasteiger partial charge in [0.15, 0.2) is 0 Å². The third-order valence-electron chi connectivity index (χ3n) is 3.44. The quantitative estimate of drug-likeness (QED) is 0.313. The van der Waals surface area contributed by atoms with Crippen LogP contribution in [0.1, 0.15) is 51.4 Å². The van der Waals surface area contributed by atoms with Gasteiger partial charge < -0.3 is 5.11 Å². The Hall–Kier alpha value is -1.22. The first-order valence-electron chi connectivity index (χ1n) is 7.79. The van der Waals surface area contributed by atoms with Crippen molar-refractivity contribution in [3.8, 4) is 0 Å². The van der Waals surface area contributed by atoms with E-state index in [1.165, 1.54) is 42.8 Å². The van der Waals surface area contributed by atoms with Crippen LogP contribution in [0.25, 0.3) is 0 Å². The average Bonchev–Trinajstić information content (AvgIpc) is 2.49. The maximum atomic E-state index is 10.6. The lowest BCUT2D eigenvalue weighted by Gasteiger charge is -2.03. The standard InChI is InChI=1S/C18H26O2S/c1-16(18(19)20)12-8-5-3-2-4-6-11-15-21-17-13-9-7-10-14-17/h7,9-10,13-14H,1-6,8,11-12,15H2,(H,19,20). The van der Waals surface area contributed by atoms with E-state index in [-0.39, 0.29) is 0 Å². The Morgan fingerprint density at radius 3 is 2.14 bits per heavy atom. The first-order valence-corrected chi connectivity index (χ1v) is 8.77. The van der Waals surface area contributed by atoms with Gasteiger partial charge >= 0.3 is 5.97 Å². The molecule has 1 aromatic carbocycles. The number of carboxylic acids is 1. The molecule has 0 radical (unpaired) electrons. The molecule has 0 aliphatic heterocycles. The number of thioether (sulfide) groups is 1. The number of benzene rings is 1. The van der Waals surface area contributed by atoms with E-state index in [9.17, 15) is 4.79 Å². The summed E-state index contributed by atoms with van der Waals surface area (Å²) in [4.78, 5) is 11.9. The van der Waals surface area contributed by atoms with Gasteiger partial charge in [0.25, 0.3) is 0 Å². The Kier molecular flexibility index (Phi) is 9.71. The van der Waals surface area contributed by atoms with E-state index in [0.29, 0.717) is 12.0 Å². The van der Waals surface area contributed by atoms with Crippen LogP contribution in [0.15, 0.2) is 47.4 Å². The summed E-state index contributed by atoms with van der Waals surface area (Å²) in [6, 6.07) is 10.5. The van der Waals surface area contributed by atoms with E-state index in [0.717, 1.165) is 12.8 Å². The van der Waals surface area contributed by atoms with Crippen LogP contribution >= 0.6 is 11.8 Å². The molecule has 1 aromatic rings. The van der Waals surface area contributed by atoms with E-state index in [4.69, 9.17) is 5.11 Å². The van der Waals surface area contributed by atoms with Crippen LogP contribution in [0.2, 0.25) is 0 Å². The van der Waals surface area contributed by atoms with Crippen molar-refractivity contribution < 1.29 is 9.90 Å². The van der Waals surface area contributed by atoms with Gasteiger partial charge in [-0.15, -0.1) is 11.8 Å². The summed E-state index contributed by atoms with van der Waals surface area (Å²) < 4.78 is 0. The number of unbranched alkanes of at least 4 members (excludes halogenated alkanes) is 6. The van der Waals surface area contributed by atoms with Crippen molar-refractivity contribution in [1.82, 2.24) is 0 Å². The molecule has 0 aliphatic rings. The molecular weight excluding hydrogens is 280 g/mol. The number of hydrogen-bond donors (Lipinski definition) is 1. The molecule has 2 nitrogen and oxygen atoms in total. The molecule has 21 heavy (non-hydrogen) atoms. The molecule has 0 saturated heterocycles. The monoisotopic (exact) mass is 306 g/mol. The Morgan fingerprint density at radius 2 is 1.52 bits per heavy atom. The predicted molar refractivity (Wildman–Crippen MR) is 90.9 cm³/mol. The molecule has 0 saturated carbocycles. The molecule has 3 heteroatoms. The van der Waals surface area contributed by atoms with Gasteiger partial charge in [0.05, 0.1) is 0 Å². The van der Waals surface area contributed by atoms with E-state index in [2.05, 4.69) is 36.9 Å². The second kappa shape index (κ2) is 11.4. The second-order valence-electron chi connectivity index (χ2n) is 5.30. The summed E-state index contributed by atoms with van der Waals surface area (Å²) in [6.07, 6.45) is 9.02. The minimum atomic E-state index is -0.856. The van der Waals surface area contributed by atoms with Crippen molar-refractivity contribution in [1.29, 1.82) is 0 Å².